The number of hydrogen-bond acceptors (Lipinski definition) is 1. The summed E-state index contributed by atoms with van der Waals surface area (Å²) in [5.74, 6) is 0.557. The molecule has 1 aliphatic carbocycles. The van der Waals surface area contributed by atoms with Crippen molar-refractivity contribution in [3.63, 3.8) is 0 Å². The van der Waals surface area contributed by atoms with E-state index in [1.807, 2.05) is 6.07 Å². The van der Waals surface area contributed by atoms with E-state index in [4.69, 9.17) is 0 Å². The molecule has 0 spiro atoms. The van der Waals surface area contributed by atoms with Crippen LogP contribution in [0.3, 0.4) is 0 Å². The molecule has 4 rings (SSSR count). The Morgan fingerprint density at radius 1 is 1.15 bits per heavy atom. The topological polar surface area (TPSA) is 29.1 Å². The van der Waals surface area contributed by atoms with Crippen LogP contribution in [-0.2, 0) is 0 Å². The van der Waals surface area contributed by atoms with Gasteiger partial charge in [-0.15, -0.1) is 0 Å². The fraction of sp³-hybridized carbons (Fsp3) is 0.389. The van der Waals surface area contributed by atoms with Crippen LogP contribution in [0.15, 0.2) is 36.4 Å². The second kappa shape index (κ2) is 4.08. The molecule has 2 aromatic carbocycles. The van der Waals surface area contributed by atoms with Crippen LogP contribution in [0, 0.1) is 0 Å². The minimum atomic E-state index is -0.0630. The first kappa shape index (κ1) is 12.0. The second-order valence-electron chi connectivity index (χ2n) is 6.42. The van der Waals surface area contributed by atoms with Gasteiger partial charge in [0.15, 0.2) is 0 Å². The van der Waals surface area contributed by atoms with Gasteiger partial charge in [0.05, 0.1) is 0 Å². The number of amides is 1. The summed E-state index contributed by atoms with van der Waals surface area (Å²) >= 11 is 0. The Morgan fingerprint density at radius 2 is 2.00 bits per heavy atom. The predicted molar refractivity (Wildman–Crippen MR) is 81.0 cm³/mol. The molecule has 0 radical (unpaired) electrons. The average molecular weight is 265 g/mol. The molecule has 20 heavy (non-hydrogen) atoms. The summed E-state index contributed by atoms with van der Waals surface area (Å²) in [6.45, 7) is 2.22. The first-order valence-corrected chi connectivity index (χ1v) is 7.53. The molecule has 2 atom stereocenters. The van der Waals surface area contributed by atoms with E-state index in [9.17, 15) is 4.79 Å². The van der Waals surface area contributed by atoms with Gasteiger partial charge in [-0.3, -0.25) is 4.79 Å². The molecule has 1 amide bonds. The molecule has 1 N–H and O–H groups in total. The van der Waals surface area contributed by atoms with Crippen molar-refractivity contribution >= 4 is 16.7 Å². The van der Waals surface area contributed by atoms with E-state index in [1.165, 1.54) is 35.6 Å². The molecule has 0 aromatic heterocycles. The predicted octanol–water partition coefficient (Wildman–Crippen LogP) is 4.00. The van der Waals surface area contributed by atoms with Crippen LogP contribution in [0.4, 0.5) is 0 Å². The summed E-state index contributed by atoms with van der Waals surface area (Å²) in [5.41, 5.74) is 2.11. The lowest BCUT2D eigenvalue weighted by molar-refractivity contribution is 0.0830. The summed E-state index contributed by atoms with van der Waals surface area (Å²) in [6, 6.07) is 12.5. The quantitative estimate of drug-likeness (QED) is 0.766. The molecule has 1 fully saturated rings. The Balaban J connectivity index is 2.03. The molecule has 2 unspecified atom stereocenters. The third-order valence-electron chi connectivity index (χ3n) is 5.17. The molecule has 1 saturated carbocycles. The fourth-order valence-electron chi connectivity index (χ4n) is 4.14. The zero-order chi connectivity index (χ0) is 13.7. The smallest absolute Gasteiger partial charge is 0.252 e. The molecule has 0 saturated heterocycles. The lowest BCUT2D eigenvalue weighted by atomic mass is 9.66. The van der Waals surface area contributed by atoms with Crippen molar-refractivity contribution in [2.45, 2.75) is 44.1 Å². The van der Waals surface area contributed by atoms with Gasteiger partial charge in [-0.2, -0.15) is 0 Å². The van der Waals surface area contributed by atoms with Crippen molar-refractivity contribution < 1.29 is 4.79 Å². The van der Waals surface area contributed by atoms with Gasteiger partial charge in [0, 0.05) is 17.0 Å². The lowest BCUT2D eigenvalue weighted by Gasteiger charge is -2.46. The van der Waals surface area contributed by atoms with Gasteiger partial charge < -0.3 is 5.32 Å². The molecular weight excluding hydrogens is 246 g/mol. The number of carbonyl (C=O) groups excluding carboxylic acids is 1. The van der Waals surface area contributed by atoms with Crippen molar-refractivity contribution in [3.05, 3.63) is 47.5 Å². The maximum atomic E-state index is 12.5. The number of benzene rings is 2. The minimum Gasteiger partial charge on any atom is -0.346 e. The fourth-order valence-corrected chi connectivity index (χ4v) is 4.14. The minimum absolute atomic E-state index is 0.0630. The summed E-state index contributed by atoms with van der Waals surface area (Å²) in [5, 5.41) is 5.78. The van der Waals surface area contributed by atoms with Crippen LogP contribution in [-0.4, -0.2) is 11.4 Å². The Hall–Kier alpha value is -1.83. The van der Waals surface area contributed by atoms with Crippen molar-refractivity contribution in [2.75, 3.05) is 0 Å². The largest absolute Gasteiger partial charge is 0.346 e. The van der Waals surface area contributed by atoms with Gasteiger partial charge in [-0.05, 0) is 42.2 Å². The van der Waals surface area contributed by atoms with E-state index < -0.39 is 0 Å². The summed E-state index contributed by atoms with van der Waals surface area (Å²) in [7, 11) is 0. The Labute approximate surface area is 119 Å². The summed E-state index contributed by atoms with van der Waals surface area (Å²) < 4.78 is 0. The maximum absolute atomic E-state index is 12.5. The molecule has 2 aromatic rings. The van der Waals surface area contributed by atoms with E-state index in [0.717, 1.165) is 12.0 Å². The van der Waals surface area contributed by atoms with Crippen molar-refractivity contribution in [1.29, 1.82) is 0 Å². The van der Waals surface area contributed by atoms with Crippen LogP contribution >= 0.6 is 0 Å². The molecule has 2 heteroatoms. The van der Waals surface area contributed by atoms with Crippen LogP contribution in [0.5, 0.6) is 0 Å². The van der Waals surface area contributed by atoms with Crippen LogP contribution < -0.4 is 5.32 Å². The van der Waals surface area contributed by atoms with E-state index >= 15 is 0 Å². The molecule has 2 aliphatic rings. The van der Waals surface area contributed by atoms with Crippen LogP contribution in [0.25, 0.3) is 10.8 Å². The maximum Gasteiger partial charge on any atom is 0.252 e. The van der Waals surface area contributed by atoms with Crippen molar-refractivity contribution in [3.8, 4) is 0 Å². The molecular formula is C18H19NO. The normalized spacial score (nSPS) is 28.6. The highest BCUT2D eigenvalue weighted by atomic mass is 16.1. The van der Waals surface area contributed by atoms with Crippen molar-refractivity contribution in [1.82, 2.24) is 5.32 Å². The van der Waals surface area contributed by atoms with Gasteiger partial charge in [0.25, 0.3) is 5.91 Å². The number of nitrogens with one attached hydrogen (secondary N) is 1. The van der Waals surface area contributed by atoms with Gasteiger partial charge in [0.2, 0.25) is 0 Å². The Bertz CT molecular complexity index is 706. The third kappa shape index (κ3) is 1.54. The number of carbonyl (C=O) groups is 1. The molecule has 2 nitrogen and oxygen atoms in total. The highest BCUT2D eigenvalue weighted by Crippen LogP contribution is 2.46. The Kier molecular flexibility index (Phi) is 2.44. The van der Waals surface area contributed by atoms with E-state index in [1.54, 1.807) is 0 Å². The van der Waals surface area contributed by atoms with Crippen molar-refractivity contribution in [2.24, 2.45) is 0 Å². The van der Waals surface area contributed by atoms with Gasteiger partial charge >= 0.3 is 0 Å². The third-order valence-corrected chi connectivity index (χ3v) is 5.17. The van der Waals surface area contributed by atoms with Crippen LogP contribution in [0.2, 0.25) is 0 Å². The highest BCUT2D eigenvalue weighted by Gasteiger charge is 2.44. The van der Waals surface area contributed by atoms with E-state index in [2.05, 4.69) is 42.6 Å². The van der Waals surface area contributed by atoms with Crippen LogP contribution in [0.1, 0.15) is 54.4 Å². The number of hydrogen-bond donors (Lipinski definition) is 1. The van der Waals surface area contributed by atoms with Gasteiger partial charge in [-0.25, -0.2) is 0 Å². The highest BCUT2D eigenvalue weighted by molar-refractivity contribution is 6.03. The molecule has 1 aliphatic heterocycles. The lowest BCUT2D eigenvalue weighted by Crippen LogP contribution is -2.55. The molecule has 0 bridgehead atoms. The first-order chi connectivity index (χ1) is 9.69. The van der Waals surface area contributed by atoms with E-state index in [0.29, 0.717) is 5.92 Å². The molecule has 102 valence electrons. The zero-order valence-corrected chi connectivity index (χ0v) is 11.8. The SMILES string of the molecule is CC12CCCCC1c1c(ccc3ccccc13)C(=O)N2. The van der Waals surface area contributed by atoms with Gasteiger partial charge in [-0.1, -0.05) is 43.2 Å². The standard InChI is InChI=1S/C18H19NO/c1-18-11-5-4-8-15(18)16-13-7-3-2-6-12(13)9-10-14(16)17(20)19-18/h2-3,6-7,9-10,15H,4-5,8,11H2,1H3,(H,19,20). The second-order valence-corrected chi connectivity index (χ2v) is 6.42. The Morgan fingerprint density at radius 3 is 2.90 bits per heavy atom. The first-order valence-electron chi connectivity index (χ1n) is 7.53. The monoisotopic (exact) mass is 265 g/mol. The van der Waals surface area contributed by atoms with E-state index in [-0.39, 0.29) is 11.4 Å². The number of rotatable bonds is 0. The zero-order valence-electron chi connectivity index (χ0n) is 11.8. The van der Waals surface area contributed by atoms with Gasteiger partial charge in [0.1, 0.15) is 0 Å². The number of fused-ring (bicyclic) bond motifs is 5. The summed E-state index contributed by atoms with van der Waals surface area (Å²) in [4.78, 5) is 12.5. The average Bonchev–Trinajstić information content (AvgIpc) is 2.46. The molecule has 1 heterocycles. The summed E-state index contributed by atoms with van der Waals surface area (Å²) in [6.07, 6.45) is 4.75.